The van der Waals surface area contributed by atoms with Gasteiger partial charge in [0.25, 0.3) is 0 Å². The number of sulfone groups is 1. The first-order chi connectivity index (χ1) is 8.46. The zero-order valence-corrected chi connectivity index (χ0v) is 11.6. The summed E-state index contributed by atoms with van der Waals surface area (Å²) in [4.78, 5) is 0.378. The molecule has 0 bridgehead atoms. The SMILES string of the molecule is NC(=S)c1ccc(NCC2CCS(=O)(=O)C2)cc1. The maximum atomic E-state index is 11.3. The lowest BCUT2D eigenvalue weighted by Gasteiger charge is -2.11. The second-order valence-corrected chi connectivity index (χ2v) is 7.26. The molecule has 1 atom stereocenters. The molecule has 0 saturated carbocycles. The Bertz CT molecular complexity index is 538. The first kappa shape index (κ1) is 13.3. The number of nitrogens with two attached hydrogens (primary N) is 1. The van der Waals surface area contributed by atoms with Gasteiger partial charge in [-0.05, 0) is 36.6 Å². The highest BCUT2D eigenvalue weighted by atomic mass is 32.2. The van der Waals surface area contributed by atoms with Crippen molar-refractivity contribution in [2.75, 3.05) is 23.4 Å². The maximum absolute atomic E-state index is 11.3. The number of hydrogen-bond donors (Lipinski definition) is 2. The minimum atomic E-state index is -2.79. The van der Waals surface area contributed by atoms with Crippen LogP contribution in [0.15, 0.2) is 24.3 Å². The topological polar surface area (TPSA) is 72.2 Å². The predicted molar refractivity (Wildman–Crippen MR) is 77.6 cm³/mol. The van der Waals surface area contributed by atoms with Crippen molar-refractivity contribution in [1.82, 2.24) is 0 Å². The van der Waals surface area contributed by atoms with E-state index < -0.39 is 9.84 Å². The van der Waals surface area contributed by atoms with E-state index in [9.17, 15) is 8.42 Å². The van der Waals surface area contributed by atoms with Gasteiger partial charge in [0.2, 0.25) is 0 Å². The first-order valence-electron chi connectivity index (χ1n) is 5.80. The second kappa shape index (κ2) is 5.24. The van der Waals surface area contributed by atoms with Crippen molar-refractivity contribution >= 4 is 32.7 Å². The van der Waals surface area contributed by atoms with Crippen molar-refractivity contribution in [2.45, 2.75) is 6.42 Å². The summed E-state index contributed by atoms with van der Waals surface area (Å²) < 4.78 is 22.6. The minimum Gasteiger partial charge on any atom is -0.389 e. The molecule has 1 heterocycles. The number of hydrogen-bond acceptors (Lipinski definition) is 4. The Labute approximate surface area is 112 Å². The zero-order valence-electron chi connectivity index (χ0n) is 9.93. The third-order valence-corrected chi connectivity index (χ3v) is 5.16. The van der Waals surface area contributed by atoms with Crippen molar-refractivity contribution in [1.29, 1.82) is 0 Å². The quantitative estimate of drug-likeness (QED) is 0.812. The standard InChI is InChI=1S/C12H16N2O2S2/c13-12(17)10-1-3-11(4-2-10)14-7-9-5-6-18(15,16)8-9/h1-4,9,14H,5-8H2,(H2,13,17). The summed E-state index contributed by atoms with van der Waals surface area (Å²) >= 11 is 4.87. The van der Waals surface area contributed by atoms with E-state index in [0.29, 0.717) is 23.0 Å². The Morgan fingerprint density at radius 1 is 1.39 bits per heavy atom. The van der Waals surface area contributed by atoms with Crippen molar-refractivity contribution in [2.24, 2.45) is 11.7 Å². The van der Waals surface area contributed by atoms with Gasteiger partial charge >= 0.3 is 0 Å². The number of nitrogens with one attached hydrogen (secondary N) is 1. The summed E-state index contributed by atoms with van der Waals surface area (Å²) in [5.74, 6) is 0.829. The molecule has 0 radical (unpaired) electrons. The Morgan fingerprint density at radius 2 is 2.06 bits per heavy atom. The van der Waals surface area contributed by atoms with Crippen LogP contribution < -0.4 is 11.1 Å². The summed E-state index contributed by atoms with van der Waals surface area (Å²) in [7, 11) is -2.79. The molecular weight excluding hydrogens is 268 g/mol. The third-order valence-electron chi connectivity index (χ3n) is 3.09. The van der Waals surface area contributed by atoms with E-state index in [1.54, 1.807) is 0 Å². The number of thiocarbonyl (C=S) groups is 1. The molecule has 0 spiro atoms. The molecule has 1 unspecified atom stereocenters. The molecule has 0 aliphatic carbocycles. The molecule has 3 N–H and O–H groups in total. The lowest BCUT2D eigenvalue weighted by molar-refractivity contribution is 0.596. The Hall–Kier alpha value is -1.14. The lowest BCUT2D eigenvalue weighted by Crippen LogP contribution is -2.15. The van der Waals surface area contributed by atoms with Crippen LogP contribution in [0, 0.1) is 5.92 Å². The molecular formula is C12H16N2O2S2. The van der Waals surface area contributed by atoms with Gasteiger partial charge in [0.05, 0.1) is 11.5 Å². The molecule has 1 aliphatic heterocycles. The maximum Gasteiger partial charge on any atom is 0.150 e. The van der Waals surface area contributed by atoms with Gasteiger partial charge in [0.15, 0.2) is 9.84 Å². The van der Waals surface area contributed by atoms with Gasteiger partial charge in [0, 0.05) is 17.8 Å². The molecule has 0 amide bonds. The molecule has 1 aromatic rings. The molecule has 1 aliphatic rings. The van der Waals surface area contributed by atoms with Crippen molar-refractivity contribution in [3.05, 3.63) is 29.8 Å². The highest BCUT2D eigenvalue weighted by Crippen LogP contribution is 2.19. The molecule has 6 heteroatoms. The molecule has 4 nitrogen and oxygen atoms in total. The fraction of sp³-hybridized carbons (Fsp3) is 0.417. The number of benzene rings is 1. The van der Waals surface area contributed by atoms with Crippen LogP contribution in [-0.2, 0) is 9.84 Å². The Balaban J connectivity index is 1.89. The Morgan fingerprint density at radius 3 is 2.56 bits per heavy atom. The van der Waals surface area contributed by atoms with E-state index in [1.165, 1.54) is 0 Å². The number of anilines is 1. The van der Waals surface area contributed by atoms with E-state index in [2.05, 4.69) is 5.32 Å². The van der Waals surface area contributed by atoms with Gasteiger partial charge < -0.3 is 11.1 Å². The highest BCUT2D eigenvalue weighted by molar-refractivity contribution is 7.91. The van der Waals surface area contributed by atoms with E-state index in [4.69, 9.17) is 18.0 Å². The molecule has 1 aromatic carbocycles. The summed E-state index contributed by atoms with van der Waals surface area (Å²) in [6, 6.07) is 7.52. The van der Waals surface area contributed by atoms with Crippen LogP contribution in [0.25, 0.3) is 0 Å². The van der Waals surface area contributed by atoms with Crippen LogP contribution >= 0.6 is 12.2 Å². The van der Waals surface area contributed by atoms with Gasteiger partial charge in [-0.15, -0.1) is 0 Å². The molecule has 2 rings (SSSR count). The fourth-order valence-corrected chi connectivity index (χ4v) is 4.05. The second-order valence-electron chi connectivity index (χ2n) is 4.59. The molecule has 1 fully saturated rings. The highest BCUT2D eigenvalue weighted by Gasteiger charge is 2.27. The predicted octanol–water partition coefficient (Wildman–Crippen LogP) is 1.17. The molecule has 98 valence electrons. The monoisotopic (exact) mass is 284 g/mol. The first-order valence-corrected chi connectivity index (χ1v) is 8.03. The van der Waals surface area contributed by atoms with Crippen LogP contribution in [0.1, 0.15) is 12.0 Å². The lowest BCUT2D eigenvalue weighted by atomic mass is 10.1. The van der Waals surface area contributed by atoms with Gasteiger partial charge in [-0.1, -0.05) is 12.2 Å². The van der Waals surface area contributed by atoms with Crippen LogP contribution in [0.4, 0.5) is 5.69 Å². The summed E-state index contributed by atoms with van der Waals surface area (Å²) in [5.41, 5.74) is 7.30. The van der Waals surface area contributed by atoms with E-state index in [0.717, 1.165) is 17.7 Å². The Kier molecular flexibility index (Phi) is 3.87. The van der Waals surface area contributed by atoms with E-state index >= 15 is 0 Å². The van der Waals surface area contributed by atoms with E-state index in [-0.39, 0.29) is 5.92 Å². The largest absolute Gasteiger partial charge is 0.389 e. The summed E-state index contributed by atoms with van der Waals surface area (Å²) in [6.07, 6.45) is 0.750. The third kappa shape index (κ3) is 3.43. The van der Waals surface area contributed by atoms with Crippen LogP contribution in [0.2, 0.25) is 0 Å². The van der Waals surface area contributed by atoms with Gasteiger partial charge in [-0.2, -0.15) is 0 Å². The van der Waals surface area contributed by atoms with Crippen molar-refractivity contribution < 1.29 is 8.42 Å². The van der Waals surface area contributed by atoms with Crippen LogP contribution in [-0.4, -0.2) is 31.5 Å². The van der Waals surface area contributed by atoms with Crippen molar-refractivity contribution in [3.63, 3.8) is 0 Å². The van der Waals surface area contributed by atoms with Crippen LogP contribution in [0.3, 0.4) is 0 Å². The smallest absolute Gasteiger partial charge is 0.150 e. The van der Waals surface area contributed by atoms with Crippen molar-refractivity contribution in [3.8, 4) is 0 Å². The molecule has 18 heavy (non-hydrogen) atoms. The van der Waals surface area contributed by atoms with Crippen LogP contribution in [0.5, 0.6) is 0 Å². The van der Waals surface area contributed by atoms with Gasteiger partial charge in [-0.25, -0.2) is 8.42 Å². The average molecular weight is 284 g/mol. The molecule has 1 saturated heterocycles. The zero-order chi connectivity index (χ0) is 13.2. The fourth-order valence-electron chi connectivity index (χ4n) is 2.05. The average Bonchev–Trinajstić information content (AvgIpc) is 2.67. The summed E-state index contributed by atoms with van der Waals surface area (Å²) in [5, 5.41) is 3.24. The van der Waals surface area contributed by atoms with E-state index in [1.807, 2.05) is 24.3 Å². The summed E-state index contributed by atoms with van der Waals surface area (Å²) in [6.45, 7) is 0.686. The van der Waals surface area contributed by atoms with Gasteiger partial charge in [-0.3, -0.25) is 0 Å². The molecule has 0 aromatic heterocycles. The van der Waals surface area contributed by atoms with Gasteiger partial charge in [0.1, 0.15) is 4.99 Å². The normalized spacial score (nSPS) is 21.7. The minimum absolute atomic E-state index is 0.213. The number of rotatable bonds is 4.